The molecule has 0 aromatic rings. The van der Waals surface area contributed by atoms with Crippen LogP contribution in [0.25, 0.3) is 0 Å². The zero-order chi connectivity index (χ0) is 9.56. The van der Waals surface area contributed by atoms with Gasteiger partial charge in [0, 0.05) is 0 Å². The van der Waals surface area contributed by atoms with Gasteiger partial charge in [-0.1, -0.05) is 0 Å². The van der Waals surface area contributed by atoms with E-state index in [1.165, 1.54) is 0 Å². The van der Waals surface area contributed by atoms with Crippen LogP contribution in [0.4, 0.5) is 0 Å². The highest BCUT2D eigenvalue weighted by Crippen LogP contribution is 1.76. The lowest BCUT2D eigenvalue weighted by Gasteiger charge is -1.99. The van der Waals surface area contributed by atoms with Crippen molar-refractivity contribution in [3.63, 3.8) is 0 Å². The van der Waals surface area contributed by atoms with Crippen molar-refractivity contribution in [1.29, 1.82) is 5.41 Å². The van der Waals surface area contributed by atoms with Crippen molar-refractivity contribution < 1.29 is 9.63 Å². The highest BCUT2D eigenvalue weighted by atomic mass is 16.7. The molecule has 0 spiro atoms. The van der Waals surface area contributed by atoms with Gasteiger partial charge in [-0.05, 0) is 5.16 Å². The van der Waals surface area contributed by atoms with E-state index in [1.807, 2.05) is 0 Å². The molecule has 0 amide bonds. The fraction of sp³-hybridized carbons (Fsp3) is 0.250. The van der Waals surface area contributed by atoms with E-state index in [0.29, 0.717) is 0 Å². The Labute approximate surface area is 68.2 Å². The highest BCUT2D eigenvalue weighted by Gasteiger charge is 2.01. The standard InChI is InChI=1S/C4H9N6O2/c5-3(6)9-1-2(11)12-10-4(7)8/h7H,1H2,(H2,8,10)(H4,5,6,9). The van der Waals surface area contributed by atoms with E-state index in [-0.39, 0.29) is 12.5 Å². The van der Waals surface area contributed by atoms with E-state index in [2.05, 4.69) is 15.3 Å². The van der Waals surface area contributed by atoms with E-state index >= 15 is 0 Å². The molecule has 8 heteroatoms. The number of oxime groups is 1. The molecule has 0 atom stereocenters. The SMILES string of the molecule is [NH]C(N)=NOC(=O)CNC(=N)N. The first-order chi connectivity index (χ1) is 5.52. The molecule has 0 fully saturated rings. The summed E-state index contributed by atoms with van der Waals surface area (Å²) in [5.74, 6) is -1.73. The summed E-state index contributed by atoms with van der Waals surface area (Å²) in [6.07, 6.45) is 0. The third kappa shape index (κ3) is 6.13. The van der Waals surface area contributed by atoms with Gasteiger partial charge in [0.2, 0.25) is 5.96 Å². The van der Waals surface area contributed by atoms with Crippen LogP contribution < -0.4 is 22.5 Å². The molecule has 12 heavy (non-hydrogen) atoms. The fourth-order valence-corrected chi connectivity index (χ4v) is 0.300. The number of hydrogen-bond donors (Lipinski definition) is 4. The molecule has 0 aliphatic rings. The normalized spacial score (nSPS) is 10.5. The minimum atomic E-state index is -0.777. The number of guanidine groups is 2. The van der Waals surface area contributed by atoms with Crippen LogP contribution in [-0.4, -0.2) is 24.4 Å². The summed E-state index contributed by atoms with van der Waals surface area (Å²) in [6.45, 7) is -0.286. The molecule has 0 rings (SSSR count). The van der Waals surface area contributed by atoms with Gasteiger partial charge in [0.25, 0.3) is 0 Å². The van der Waals surface area contributed by atoms with Crippen LogP contribution in [0.3, 0.4) is 0 Å². The van der Waals surface area contributed by atoms with Crippen LogP contribution >= 0.6 is 0 Å². The minimum absolute atomic E-state index is 0.286. The molecule has 0 unspecified atom stereocenters. The third-order valence-electron chi connectivity index (χ3n) is 0.669. The molecule has 7 N–H and O–H groups in total. The van der Waals surface area contributed by atoms with Crippen LogP contribution in [-0.2, 0) is 9.63 Å². The molecule has 1 radical (unpaired) electrons. The minimum Gasteiger partial charge on any atom is -0.370 e. The summed E-state index contributed by atoms with van der Waals surface area (Å²) in [4.78, 5) is 14.6. The van der Waals surface area contributed by atoms with Crippen molar-refractivity contribution in [2.24, 2.45) is 16.6 Å². The largest absolute Gasteiger partial charge is 0.370 e. The summed E-state index contributed by atoms with van der Waals surface area (Å²) in [5, 5.41) is 11.7. The number of nitrogens with one attached hydrogen (secondary N) is 3. The Morgan fingerprint density at radius 1 is 1.58 bits per heavy atom. The van der Waals surface area contributed by atoms with Crippen LogP contribution in [0.15, 0.2) is 5.16 Å². The van der Waals surface area contributed by atoms with Gasteiger partial charge in [0.05, 0.1) is 0 Å². The van der Waals surface area contributed by atoms with E-state index in [4.69, 9.17) is 22.6 Å². The van der Waals surface area contributed by atoms with Crippen LogP contribution in [0, 0.1) is 5.41 Å². The third-order valence-corrected chi connectivity index (χ3v) is 0.669. The monoisotopic (exact) mass is 173 g/mol. The topological polar surface area (TPSA) is 150 Å². The summed E-state index contributed by atoms with van der Waals surface area (Å²) in [7, 11) is 0. The summed E-state index contributed by atoms with van der Waals surface area (Å²) < 4.78 is 0. The second kappa shape index (κ2) is 4.77. The molecule has 0 bridgehead atoms. The number of nitrogens with two attached hydrogens (primary N) is 2. The van der Waals surface area contributed by atoms with Gasteiger partial charge < -0.3 is 21.6 Å². The highest BCUT2D eigenvalue weighted by molar-refractivity contribution is 5.81. The average Bonchev–Trinajstić information content (AvgIpc) is 1.96. The Morgan fingerprint density at radius 2 is 2.17 bits per heavy atom. The van der Waals surface area contributed by atoms with Crippen molar-refractivity contribution in [3.05, 3.63) is 0 Å². The Kier molecular flexibility index (Phi) is 3.98. The van der Waals surface area contributed by atoms with E-state index in [1.54, 1.807) is 0 Å². The summed E-state index contributed by atoms with van der Waals surface area (Å²) in [6, 6.07) is 0. The number of carbonyl (C=O) groups excluding carboxylic acids is 1. The lowest BCUT2D eigenvalue weighted by Crippen LogP contribution is -2.35. The van der Waals surface area contributed by atoms with Gasteiger partial charge in [0.1, 0.15) is 6.54 Å². The smallest absolute Gasteiger partial charge is 0.354 e. The molecule has 67 valence electrons. The van der Waals surface area contributed by atoms with Crippen molar-refractivity contribution in [2.45, 2.75) is 0 Å². The van der Waals surface area contributed by atoms with Crippen molar-refractivity contribution in [1.82, 2.24) is 11.1 Å². The van der Waals surface area contributed by atoms with E-state index in [0.717, 1.165) is 0 Å². The maximum atomic E-state index is 10.6. The molecule has 8 nitrogen and oxygen atoms in total. The average molecular weight is 173 g/mol. The van der Waals surface area contributed by atoms with Gasteiger partial charge in [-0.3, -0.25) is 11.1 Å². The Morgan fingerprint density at radius 3 is 2.58 bits per heavy atom. The molecule has 0 saturated heterocycles. The molecule has 0 aliphatic carbocycles. The predicted molar refractivity (Wildman–Crippen MR) is 40.7 cm³/mol. The maximum absolute atomic E-state index is 10.6. The summed E-state index contributed by atoms with van der Waals surface area (Å²) >= 11 is 0. The predicted octanol–water partition coefficient (Wildman–Crippen LogP) is -2.47. The Bertz CT molecular complexity index is 208. The molecular weight excluding hydrogens is 164 g/mol. The molecule has 0 saturated carbocycles. The second-order valence-electron chi connectivity index (χ2n) is 1.71. The number of nitrogens with zero attached hydrogens (tertiary/aromatic N) is 1. The van der Waals surface area contributed by atoms with Gasteiger partial charge >= 0.3 is 5.97 Å². The molecule has 0 aliphatic heterocycles. The van der Waals surface area contributed by atoms with Gasteiger partial charge in [-0.15, -0.1) is 0 Å². The Balaban J connectivity index is 3.61. The lowest BCUT2D eigenvalue weighted by atomic mass is 10.6. The molecular formula is C4H9N6O2. The first-order valence-corrected chi connectivity index (χ1v) is 2.85. The first-order valence-electron chi connectivity index (χ1n) is 2.85. The zero-order valence-electron chi connectivity index (χ0n) is 6.13. The van der Waals surface area contributed by atoms with Crippen LogP contribution in [0.2, 0.25) is 0 Å². The maximum Gasteiger partial charge on any atom is 0.354 e. The van der Waals surface area contributed by atoms with Crippen LogP contribution in [0.5, 0.6) is 0 Å². The number of rotatable bonds is 3. The van der Waals surface area contributed by atoms with E-state index < -0.39 is 11.9 Å². The number of carbonyl (C=O) groups is 1. The van der Waals surface area contributed by atoms with Crippen molar-refractivity contribution in [2.75, 3.05) is 6.54 Å². The number of hydrogen-bond acceptors (Lipinski definition) is 4. The van der Waals surface area contributed by atoms with Gasteiger partial charge in [-0.25, -0.2) is 4.79 Å². The molecule has 0 aromatic heterocycles. The fourth-order valence-electron chi connectivity index (χ4n) is 0.300. The quantitative estimate of drug-likeness (QED) is 0.161. The Hall–Kier alpha value is -1.99. The summed E-state index contributed by atoms with van der Waals surface area (Å²) in [5.41, 5.74) is 16.2. The zero-order valence-corrected chi connectivity index (χ0v) is 6.13. The molecule has 0 aromatic carbocycles. The van der Waals surface area contributed by atoms with Gasteiger partial charge in [0.15, 0.2) is 5.96 Å². The molecule has 0 heterocycles. The first kappa shape index (κ1) is 10.0. The van der Waals surface area contributed by atoms with Crippen molar-refractivity contribution >= 4 is 17.9 Å². The second-order valence-corrected chi connectivity index (χ2v) is 1.71. The van der Waals surface area contributed by atoms with Crippen LogP contribution in [0.1, 0.15) is 0 Å². The van der Waals surface area contributed by atoms with Gasteiger partial charge in [-0.2, -0.15) is 0 Å². The van der Waals surface area contributed by atoms with Crippen molar-refractivity contribution in [3.8, 4) is 0 Å². The van der Waals surface area contributed by atoms with E-state index in [9.17, 15) is 4.79 Å². The lowest BCUT2D eigenvalue weighted by molar-refractivity contribution is -0.142.